The Bertz CT molecular complexity index is 409. The smallest absolute Gasteiger partial charge is 0.127 e. The van der Waals surface area contributed by atoms with Gasteiger partial charge in [0, 0.05) is 18.2 Å². The van der Waals surface area contributed by atoms with Gasteiger partial charge in [-0.3, -0.25) is 0 Å². The Hall–Kier alpha value is -1.26. The molecule has 0 aliphatic rings. The van der Waals surface area contributed by atoms with E-state index in [2.05, 4.69) is 19.2 Å². The topological polar surface area (TPSA) is 39.7 Å². The van der Waals surface area contributed by atoms with E-state index < -0.39 is 0 Å². The summed E-state index contributed by atoms with van der Waals surface area (Å²) < 4.78 is 16.6. The van der Waals surface area contributed by atoms with Gasteiger partial charge in [0.25, 0.3) is 0 Å². The third-order valence-electron chi connectivity index (χ3n) is 3.63. The monoisotopic (exact) mass is 295 g/mol. The molecule has 21 heavy (non-hydrogen) atoms. The molecule has 0 saturated heterocycles. The van der Waals surface area contributed by atoms with E-state index in [9.17, 15) is 0 Å². The van der Waals surface area contributed by atoms with Gasteiger partial charge in [-0.2, -0.15) is 0 Å². The molecule has 1 aromatic carbocycles. The number of benzene rings is 1. The van der Waals surface area contributed by atoms with Crippen molar-refractivity contribution in [3.8, 4) is 11.5 Å². The quantitative estimate of drug-likeness (QED) is 0.718. The van der Waals surface area contributed by atoms with Gasteiger partial charge in [-0.15, -0.1) is 0 Å². The van der Waals surface area contributed by atoms with Gasteiger partial charge in [0.2, 0.25) is 0 Å². The number of hydrogen-bond acceptors (Lipinski definition) is 4. The highest BCUT2D eigenvalue weighted by Crippen LogP contribution is 2.29. The zero-order valence-corrected chi connectivity index (χ0v) is 13.9. The highest BCUT2D eigenvalue weighted by atomic mass is 16.5. The van der Waals surface area contributed by atoms with Gasteiger partial charge in [-0.05, 0) is 31.5 Å². The zero-order chi connectivity index (χ0) is 15.7. The van der Waals surface area contributed by atoms with Crippen LogP contribution in [0, 0.1) is 5.92 Å². The average Bonchev–Trinajstić information content (AvgIpc) is 2.51. The van der Waals surface area contributed by atoms with E-state index in [-0.39, 0.29) is 6.04 Å². The second-order valence-electron chi connectivity index (χ2n) is 5.38. The second-order valence-corrected chi connectivity index (χ2v) is 5.38. The van der Waals surface area contributed by atoms with Gasteiger partial charge >= 0.3 is 0 Å². The van der Waals surface area contributed by atoms with Crippen molar-refractivity contribution in [1.82, 2.24) is 5.32 Å². The Morgan fingerprint density at radius 3 is 2.48 bits per heavy atom. The fraction of sp³-hybridized carbons (Fsp3) is 0.647. The van der Waals surface area contributed by atoms with Crippen LogP contribution in [0.3, 0.4) is 0 Å². The summed E-state index contributed by atoms with van der Waals surface area (Å²) in [4.78, 5) is 0. The van der Waals surface area contributed by atoms with Crippen molar-refractivity contribution < 1.29 is 14.2 Å². The van der Waals surface area contributed by atoms with Gasteiger partial charge < -0.3 is 19.5 Å². The molecule has 0 heterocycles. The molecule has 2 unspecified atom stereocenters. The Kier molecular flexibility index (Phi) is 8.16. The minimum absolute atomic E-state index is 0.111. The fourth-order valence-corrected chi connectivity index (χ4v) is 2.40. The first kappa shape index (κ1) is 17.8. The Morgan fingerprint density at radius 1 is 1.14 bits per heavy atom. The summed E-state index contributed by atoms with van der Waals surface area (Å²) in [6.45, 7) is 5.86. The molecule has 0 spiro atoms. The molecule has 4 nitrogen and oxygen atoms in total. The maximum atomic E-state index is 5.86. The number of methoxy groups -OCH3 is 2. The summed E-state index contributed by atoms with van der Waals surface area (Å²) in [6, 6.07) is 5.98. The van der Waals surface area contributed by atoms with Gasteiger partial charge in [-0.1, -0.05) is 20.3 Å². The van der Waals surface area contributed by atoms with Gasteiger partial charge in [0.15, 0.2) is 0 Å². The van der Waals surface area contributed by atoms with Crippen LogP contribution >= 0.6 is 0 Å². The summed E-state index contributed by atoms with van der Waals surface area (Å²) in [6.07, 6.45) is 2.41. The summed E-state index contributed by atoms with van der Waals surface area (Å²) in [5.74, 6) is 2.21. The summed E-state index contributed by atoms with van der Waals surface area (Å²) in [7, 11) is 5.27. The van der Waals surface area contributed by atoms with Gasteiger partial charge in [0.1, 0.15) is 11.5 Å². The molecule has 0 fully saturated rings. The zero-order valence-electron chi connectivity index (χ0n) is 13.9. The van der Waals surface area contributed by atoms with Crippen molar-refractivity contribution in [3.05, 3.63) is 23.8 Å². The van der Waals surface area contributed by atoms with Crippen LogP contribution in [0.4, 0.5) is 0 Å². The lowest BCUT2D eigenvalue weighted by molar-refractivity contribution is 0.0843. The molecule has 1 N–H and O–H groups in total. The first-order chi connectivity index (χ1) is 10.2. The standard InChI is InChI=1S/C17H29NO3/c1-6-7-13(2)11-21-12-16(18-3)15-9-8-14(19-4)10-17(15)20-5/h8-10,13,16,18H,6-7,11-12H2,1-5H3. The minimum Gasteiger partial charge on any atom is -0.497 e. The number of ether oxygens (including phenoxy) is 3. The highest BCUT2D eigenvalue weighted by molar-refractivity contribution is 5.42. The summed E-state index contributed by atoms with van der Waals surface area (Å²) >= 11 is 0. The summed E-state index contributed by atoms with van der Waals surface area (Å²) in [5, 5.41) is 3.29. The first-order valence-corrected chi connectivity index (χ1v) is 7.63. The molecule has 4 heteroatoms. The predicted molar refractivity (Wildman–Crippen MR) is 86.2 cm³/mol. The van der Waals surface area contributed by atoms with Crippen molar-refractivity contribution >= 4 is 0 Å². The van der Waals surface area contributed by atoms with Crippen LogP contribution in [0.1, 0.15) is 38.3 Å². The van der Waals surface area contributed by atoms with Crippen LogP contribution in [0.5, 0.6) is 11.5 Å². The largest absolute Gasteiger partial charge is 0.497 e. The molecule has 120 valence electrons. The molecule has 2 atom stereocenters. The molecule has 1 rings (SSSR count). The maximum Gasteiger partial charge on any atom is 0.127 e. The number of likely N-dealkylation sites (N-methyl/N-ethyl adjacent to an activating group) is 1. The van der Waals surface area contributed by atoms with E-state index in [1.807, 2.05) is 25.2 Å². The minimum atomic E-state index is 0.111. The van der Waals surface area contributed by atoms with E-state index in [0.717, 1.165) is 23.7 Å². The van der Waals surface area contributed by atoms with Crippen LogP contribution in [0.15, 0.2) is 18.2 Å². The number of nitrogens with one attached hydrogen (secondary N) is 1. The molecule has 1 aromatic rings. The number of rotatable bonds is 10. The lowest BCUT2D eigenvalue weighted by Crippen LogP contribution is -2.23. The fourth-order valence-electron chi connectivity index (χ4n) is 2.40. The molecule has 0 bridgehead atoms. The number of hydrogen-bond donors (Lipinski definition) is 1. The third-order valence-corrected chi connectivity index (χ3v) is 3.63. The third kappa shape index (κ3) is 5.56. The van der Waals surface area contributed by atoms with Crippen molar-refractivity contribution in [1.29, 1.82) is 0 Å². The van der Waals surface area contributed by atoms with Crippen molar-refractivity contribution in [2.75, 3.05) is 34.5 Å². The maximum absolute atomic E-state index is 5.86. The second kappa shape index (κ2) is 9.64. The molecule has 0 saturated carbocycles. The Morgan fingerprint density at radius 2 is 1.90 bits per heavy atom. The van der Waals surface area contributed by atoms with Crippen LogP contribution < -0.4 is 14.8 Å². The summed E-state index contributed by atoms with van der Waals surface area (Å²) in [5.41, 5.74) is 1.09. The lowest BCUT2D eigenvalue weighted by Gasteiger charge is -2.21. The normalized spacial score (nSPS) is 13.8. The van der Waals surface area contributed by atoms with E-state index in [1.54, 1.807) is 14.2 Å². The molecule has 0 aliphatic heterocycles. The molecular formula is C17H29NO3. The highest BCUT2D eigenvalue weighted by Gasteiger charge is 2.16. The van der Waals surface area contributed by atoms with E-state index in [1.165, 1.54) is 12.8 Å². The van der Waals surface area contributed by atoms with Crippen molar-refractivity contribution in [3.63, 3.8) is 0 Å². The SMILES string of the molecule is CCCC(C)COCC(NC)c1ccc(OC)cc1OC. The van der Waals surface area contributed by atoms with Crippen LogP contribution in [-0.4, -0.2) is 34.5 Å². The lowest BCUT2D eigenvalue weighted by atomic mass is 10.1. The Balaban J connectivity index is 2.67. The van der Waals surface area contributed by atoms with Crippen LogP contribution in [-0.2, 0) is 4.74 Å². The van der Waals surface area contributed by atoms with E-state index >= 15 is 0 Å². The Labute approximate surface area is 128 Å². The molecule has 0 amide bonds. The molecule has 0 radical (unpaired) electrons. The van der Waals surface area contributed by atoms with Crippen molar-refractivity contribution in [2.45, 2.75) is 32.7 Å². The van der Waals surface area contributed by atoms with Crippen LogP contribution in [0.25, 0.3) is 0 Å². The van der Waals surface area contributed by atoms with Crippen molar-refractivity contribution in [2.24, 2.45) is 5.92 Å². The van der Waals surface area contributed by atoms with Gasteiger partial charge in [0.05, 0.1) is 26.9 Å². The van der Waals surface area contributed by atoms with Crippen LogP contribution in [0.2, 0.25) is 0 Å². The molecular weight excluding hydrogens is 266 g/mol. The average molecular weight is 295 g/mol. The van der Waals surface area contributed by atoms with Gasteiger partial charge in [-0.25, -0.2) is 0 Å². The molecule has 0 aliphatic carbocycles. The molecule has 0 aromatic heterocycles. The van der Waals surface area contributed by atoms with E-state index in [0.29, 0.717) is 12.5 Å². The predicted octanol–water partition coefficient (Wildman–Crippen LogP) is 3.42. The van der Waals surface area contributed by atoms with E-state index in [4.69, 9.17) is 14.2 Å². The first-order valence-electron chi connectivity index (χ1n) is 7.63.